The number of nitrogens with zero attached hydrogens (tertiary/aromatic N) is 4. The van der Waals surface area contributed by atoms with Crippen LogP contribution in [0.15, 0.2) is 77.7 Å². The monoisotopic (exact) mass is 602 g/mol. The number of nitro benzene ring substituents is 1. The highest BCUT2D eigenvalue weighted by molar-refractivity contribution is 6.07. The van der Waals surface area contributed by atoms with Crippen molar-refractivity contribution in [2.24, 2.45) is 5.92 Å². The molecule has 12 nitrogen and oxygen atoms in total. The van der Waals surface area contributed by atoms with Crippen LogP contribution in [-0.4, -0.2) is 62.7 Å². The summed E-state index contributed by atoms with van der Waals surface area (Å²) in [4.78, 5) is 53.6. The van der Waals surface area contributed by atoms with Crippen molar-refractivity contribution in [3.8, 4) is 11.4 Å². The van der Waals surface area contributed by atoms with Gasteiger partial charge in [-0.2, -0.15) is 0 Å². The van der Waals surface area contributed by atoms with Crippen LogP contribution in [0, 0.1) is 16.0 Å². The van der Waals surface area contributed by atoms with Crippen LogP contribution in [0.4, 0.5) is 11.4 Å². The lowest BCUT2D eigenvalue weighted by Gasteiger charge is -2.28. The van der Waals surface area contributed by atoms with Crippen molar-refractivity contribution in [1.82, 2.24) is 9.47 Å². The number of likely N-dealkylation sites (tertiary alicyclic amines) is 1. The Morgan fingerprint density at radius 3 is 2.73 bits per heavy atom. The van der Waals surface area contributed by atoms with Crippen LogP contribution in [0.2, 0.25) is 0 Å². The molecule has 3 atom stereocenters. The number of hydrogen-bond donors (Lipinski definition) is 2. The van der Waals surface area contributed by atoms with Gasteiger partial charge < -0.3 is 24.7 Å². The second-order valence-electron chi connectivity index (χ2n) is 11.0. The number of rotatable bonds is 10. The fourth-order valence-electron chi connectivity index (χ4n) is 6.01. The smallest absolute Gasteiger partial charge is 0.297 e. The number of anilines is 1. The summed E-state index contributed by atoms with van der Waals surface area (Å²) in [6, 6.07) is 14.0. The largest absolute Gasteiger partial charge is 0.491 e. The van der Waals surface area contributed by atoms with Crippen molar-refractivity contribution < 1.29 is 29.5 Å². The second kappa shape index (κ2) is 12.4. The van der Waals surface area contributed by atoms with Gasteiger partial charge in [0.15, 0.2) is 11.4 Å². The molecular formula is C32H34N4O8. The molecule has 5 rings (SSSR count). The molecule has 12 heteroatoms. The minimum absolute atomic E-state index is 0.0188. The van der Waals surface area contributed by atoms with Crippen molar-refractivity contribution in [2.75, 3.05) is 25.2 Å². The van der Waals surface area contributed by atoms with Crippen molar-refractivity contribution in [3.63, 3.8) is 0 Å². The zero-order chi connectivity index (χ0) is 31.6. The molecular weight excluding hydrogens is 568 g/mol. The van der Waals surface area contributed by atoms with Gasteiger partial charge in [0.1, 0.15) is 0 Å². The van der Waals surface area contributed by atoms with Gasteiger partial charge in [-0.1, -0.05) is 31.2 Å². The van der Waals surface area contributed by atoms with Crippen LogP contribution in [0.3, 0.4) is 0 Å². The summed E-state index contributed by atoms with van der Waals surface area (Å²) in [5.41, 5.74) is -1.15. The Hall–Kier alpha value is -4.81. The molecule has 230 valence electrons. The molecule has 1 fully saturated rings. The van der Waals surface area contributed by atoms with Gasteiger partial charge in [0.2, 0.25) is 5.91 Å². The first kappa shape index (κ1) is 30.6. The molecule has 0 unspecified atom stereocenters. The van der Waals surface area contributed by atoms with E-state index in [1.54, 1.807) is 66.6 Å². The molecule has 0 bridgehead atoms. The summed E-state index contributed by atoms with van der Waals surface area (Å²) >= 11 is 0. The third-order valence-electron chi connectivity index (χ3n) is 8.41. The minimum Gasteiger partial charge on any atom is -0.491 e. The number of ether oxygens (including phenoxy) is 1. The summed E-state index contributed by atoms with van der Waals surface area (Å²) in [6.45, 7) is 2.10. The van der Waals surface area contributed by atoms with Gasteiger partial charge in [-0.25, -0.2) is 0 Å². The van der Waals surface area contributed by atoms with Gasteiger partial charge >= 0.3 is 0 Å². The van der Waals surface area contributed by atoms with Crippen LogP contribution in [-0.2, 0) is 21.7 Å². The Balaban J connectivity index is 1.44. The first-order chi connectivity index (χ1) is 21.1. The molecule has 1 saturated heterocycles. The highest BCUT2D eigenvalue weighted by atomic mass is 16.6. The SMILES string of the molecule is COc1cccn(-c2cccc(CN3C(=O)[C@@](O)([C@@H](C)/C=C/CC(=O)N4CCC[C@H]4CO)c4cc([N+](=O)[O-])ccc43)c2)c1=O. The Morgan fingerprint density at radius 2 is 2.00 bits per heavy atom. The Kier molecular flexibility index (Phi) is 8.66. The summed E-state index contributed by atoms with van der Waals surface area (Å²) in [7, 11) is 1.41. The molecule has 2 aromatic carbocycles. The number of carbonyl (C=O) groups excluding carboxylic acids is 2. The lowest BCUT2D eigenvalue weighted by molar-refractivity contribution is -0.385. The summed E-state index contributed by atoms with van der Waals surface area (Å²) in [6.07, 6.45) is 6.33. The molecule has 3 heterocycles. The lowest BCUT2D eigenvalue weighted by atomic mass is 9.82. The van der Waals surface area contributed by atoms with Gasteiger partial charge in [0.05, 0.1) is 36.9 Å². The number of methoxy groups -OCH3 is 1. The van der Waals surface area contributed by atoms with Crippen molar-refractivity contribution in [3.05, 3.63) is 105 Å². The number of fused-ring (bicyclic) bond motifs is 1. The first-order valence-corrected chi connectivity index (χ1v) is 14.3. The number of aliphatic hydroxyl groups excluding tert-OH is 1. The first-order valence-electron chi connectivity index (χ1n) is 14.3. The maximum absolute atomic E-state index is 14.0. The highest BCUT2D eigenvalue weighted by Gasteiger charge is 2.53. The third-order valence-corrected chi connectivity index (χ3v) is 8.41. The minimum atomic E-state index is -2.14. The quantitative estimate of drug-likeness (QED) is 0.204. The van der Waals surface area contributed by atoms with Gasteiger partial charge in [-0.15, -0.1) is 0 Å². The van der Waals surface area contributed by atoms with E-state index in [9.17, 15) is 34.7 Å². The molecule has 44 heavy (non-hydrogen) atoms. The predicted octanol–water partition coefficient (Wildman–Crippen LogP) is 3.05. The van der Waals surface area contributed by atoms with Crippen LogP contribution >= 0.6 is 0 Å². The van der Waals surface area contributed by atoms with E-state index in [2.05, 4.69) is 0 Å². The van der Waals surface area contributed by atoms with E-state index in [-0.39, 0.29) is 54.1 Å². The number of hydrogen-bond acceptors (Lipinski definition) is 8. The highest BCUT2D eigenvalue weighted by Crippen LogP contribution is 2.47. The van der Waals surface area contributed by atoms with Crippen LogP contribution in [0.5, 0.6) is 5.75 Å². The van der Waals surface area contributed by atoms with Crippen molar-refractivity contribution in [2.45, 2.75) is 44.4 Å². The number of aromatic nitrogens is 1. The molecule has 0 saturated carbocycles. The van der Waals surface area contributed by atoms with Crippen LogP contribution < -0.4 is 15.2 Å². The van der Waals surface area contributed by atoms with E-state index in [0.29, 0.717) is 23.5 Å². The number of nitro groups is 1. The average molecular weight is 603 g/mol. The number of pyridine rings is 1. The average Bonchev–Trinajstić information content (AvgIpc) is 3.59. The Labute approximate surface area is 253 Å². The Bertz CT molecular complexity index is 1680. The maximum atomic E-state index is 14.0. The standard InChI is InChI=1S/C32H34N4O8/c1-21(7-3-12-29(38)33-15-5-10-25(33)20-37)32(41)26-18-24(36(42)43)13-14-27(26)35(31(32)40)19-22-8-4-9-23(17-22)34-16-6-11-28(44-2)30(34)39/h3-4,6-9,11,13-14,16-18,21,25,37,41H,5,10,12,15,19-20H2,1-2H3/b7-3+/t21-,25-,32+/m0/s1. The molecule has 2 aliphatic heterocycles. The molecule has 0 aliphatic carbocycles. The van der Waals surface area contributed by atoms with E-state index < -0.39 is 22.3 Å². The number of benzene rings is 2. The maximum Gasteiger partial charge on any atom is 0.297 e. The number of aliphatic hydroxyl groups is 2. The van der Waals surface area contributed by atoms with Crippen molar-refractivity contribution >= 4 is 23.2 Å². The Morgan fingerprint density at radius 1 is 1.20 bits per heavy atom. The molecule has 0 radical (unpaired) electrons. The number of carbonyl (C=O) groups is 2. The van der Waals surface area contributed by atoms with Gasteiger partial charge in [0, 0.05) is 48.5 Å². The molecule has 1 aromatic heterocycles. The number of amides is 2. The molecule has 0 spiro atoms. The van der Waals surface area contributed by atoms with Gasteiger partial charge in [-0.3, -0.25) is 29.1 Å². The van der Waals surface area contributed by atoms with Crippen LogP contribution in [0.1, 0.15) is 37.3 Å². The normalized spacial score (nSPS) is 20.3. The number of non-ortho nitro benzene ring substituents is 1. The summed E-state index contributed by atoms with van der Waals surface area (Å²) in [5, 5.41) is 33.1. The lowest BCUT2D eigenvalue weighted by Crippen LogP contribution is -2.44. The molecule has 2 amide bonds. The third kappa shape index (κ3) is 5.49. The van der Waals surface area contributed by atoms with Crippen LogP contribution in [0.25, 0.3) is 5.69 Å². The van der Waals surface area contributed by atoms with E-state index in [1.165, 1.54) is 34.8 Å². The van der Waals surface area contributed by atoms with Gasteiger partial charge in [0.25, 0.3) is 17.2 Å². The zero-order valence-corrected chi connectivity index (χ0v) is 24.5. The summed E-state index contributed by atoms with van der Waals surface area (Å²) < 4.78 is 6.57. The second-order valence-corrected chi connectivity index (χ2v) is 11.0. The summed E-state index contributed by atoms with van der Waals surface area (Å²) in [5.74, 6) is -1.50. The van der Waals surface area contributed by atoms with E-state index in [1.807, 2.05) is 0 Å². The predicted molar refractivity (Wildman–Crippen MR) is 162 cm³/mol. The molecule has 2 N–H and O–H groups in total. The fourth-order valence-corrected chi connectivity index (χ4v) is 6.01. The van der Waals surface area contributed by atoms with E-state index in [4.69, 9.17) is 4.74 Å². The topological polar surface area (TPSA) is 155 Å². The molecule has 3 aromatic rings. The fraction of sp³-hybridized carbons (Fsp3) is 0.344. The zero-order valence-electron chi connectivity index (χ0n) is 24.5. The van der Waals surface area contributed by atoms with E-state index in [0.717, 1.165) is 12.8 Å². The van der Waals surface area contributed by atoms with Gasteiger partial charge in [-0.05, 0) is 48.7 Å². The van der Waals surface area contributed by atoms with Crippen molar-refractivity contribution in [1.29, 1.82) is 0 Å². The molecule has 2 aliphatic rings. The van der Waals surface area contributed by atoms with E-state index >= 15 is 0 Å².